The number of nitrogens with zero attached hydrogens (tertiary/aromatic N) is 3. The van der Waals surface area contributed by atoms with E-state index in [4.69, 9.17) is 4.74 Å². The van der Waals surface area contributed by atoms with Crippen molar-refractivity contribution in [2.24, 2.45) is 0 Å². The molecule has 2 N–H and O–H groups in total. The molecule has 3 rings (SSSR count). The van der Waals surface area contributed by atoms with Crippen LogP contribution < -0.4 is 14.9 Å². The Bertz CT molecular complexity index is 1060. The van der Waals surface area contributed by atoms with Crippen molar-refractivity contribution in [2.75, 3.05) is 36.4 Å². The molecule has 1 saturated heterocycles. The van der Waals surface area contributed by atoms with Crippen molar-refractivity contribution in [3.63, 3.8) is 0 Å². The Morgan fingerprint density at radius 2 is 1.85 bits per heavy atom. The molecule has 1 atom stereocenters. The molecule has 1 aliphatic heterocycles. The van der Waals surface area contributed by atoms with Crippen LogP contribution in [0.2, 0.25) is 0 Å². The molecule has 1 unspecified atom stereocenters. The summed E-state index contributed by atoms with van der Waals surface area (Å²) in [5.41, 5.74) is 1.03. The molecule has 0 bridgehead atoms. The third-order valence-corrected chi connectivity index (χ3v) is 7.43. The second-order valence-corrected chi connectivity index (χ2v) is 11.6. The lowest BCUT2D eigenvalue weighted by atomic mass is 10.1. The van der Waals surface area contributed by atoms with E-state index in [0.29, 0.717) is 36.8 Å². The SMILES string of the molecule is CC(=O)Nc1ccc(-c2cnc(N3CCN(C(=O)OC(C)C)CC3)s2)c(S(=O)NC(C)(C)C)c1. The molecule has 11 heteroatoms. The Balaban J connectivity index is 1.80. The minimum atomic E-state index is -1.49. The molecule has 34 heavy (non-hydrogen) atoms. The molecular formula is C23H33N5O4S2. The van der Waals surface area contributed by atoms with Crippen LogP contribution >= 0.6 is 11.3 Å². The average molecular weight is 508 g/mol. The first-order chi connectivity index (χ1) is 15.9. The number of ether oxygens (including phenoxy) is 1. The molecule has 186 valence electrons. The fourth-order valence-electron chi connectivity index (χ4n) is 3.39. The minimum Gasteiger partial charge on any atom is -0.447 e. The number of hydrogen-bond acceptors (Lipinski definition) is 7. The van der Waals surface area contributed by atoms with Crippen molar-refractivity contribution in [3.8, 4) is 10.4 Å². The number of carbonyl (C=O) groups excluding carboxylic acids is 2. The van der Waals surface area contributed by atoms with Crippen molar-refractivity contribution < 1.29 is 18.5 Å². The van der Waals surface area contributed by atoms with Crippen molar-refractivity contribution in [2.45, 2.75) is 58.1 Å². The number of carbonyl (C=O) groups is 2. The molecule has 1 aliphatic rings. The predicted molar refractivity (Wildman–Crippen MR) is 137 cm³/mol. The van der Waals surface area contributed by atoms with Crippen LogP contribution in [0.25, 0.3) is 10.4 Å². The van der Waals surface area contributed by atoms with E-state index in [-0.39, 0.29) is 23.6 Å². The van der Waals surface area contributed by atoms with E-state index >= 15 is 0 Å². The van der Waals surface area contributed by atoms with Gasteiger partial charge in [0, 0.05) is 56.1 Å². The van der Waals surface area contributed by atoms with Crippen molar-refractivity contribution in [1.29, 1.82) is 0 Å². The van der Waals surface area contributed by atoms with Gasteiger partial charge in [0.25, 0.3) is 0 Å². The summed E-state index contributed by atoms with van der Waals surface area (Å²) < 4.78 is 21.6. The number of nitrogens with one attached hydrogen (secondary N) is 2. The quantitative estimate of drug-likeness (QED) is 0.616. The summed E-state index contributed by atoms with van der Waals surface area (Å²) in [5.74, 6) is -0.190. The maximum Gasteiger partial charge on any atom is 0.410 e. The number of rotatable bonds is 6. The van der Waals surface area contributed by atoms with Crippen molar-refractivity contribution in [3.05, 3.63) is 24.4 Å². The van der Waals surface area contributed by atoms with E-state index in [1.54, 1.807) is 23.2 Å². The minimum absolute atomic E-state index is 0.142. The van der Waals surface area contributed by atoms with Gasteiger partial charge in [0.15, 0.2) is 5.13 Å². The fourth-order valence-corrected chi connectivity index (χ4v) is 5.74. The van der Waals surface area contributed by atoms with Gasteiger partial charge < -0.3 is 19.9 Å². The van der Waals surface area contributed by atoms with E-state index in [2.05, 4.69) is 19.9 Å². The number of hydrogen-bond donors (Lipinski definition) is 2. The van der Waals surface area contributed by atoms with Crippen LogP contribution in [-0.4, -0.2) is 63.9 Å². The van der Waals surface area contributed by atoms with Crippen LogP contribution in [0.15, 0.2) is 29.3 Å². The summed E-state index contributed by atoms with van der Waals surface area (Å²) in [7, 11) is -1.49. The Kier molecular flexibility index (Phi) is 8.32. The number of benzene rings is 1. The Morgan fingerprint density at radius 3 is 2.44 bits per heavy atom. The molecule has 1 fully saturated rings. The van der Waals surface area contributed by atoms with Gasteiger partial charge in [-0.05, 0) is 46.8 Å². The van der Waals surface area contributed by atoms with E-state index in [0.717, 1.165) is 15.6 Å². The van der Waals surface area contributed by atoms with Crippen LogP contribution in [0.4, 0.5) is 15.6 Å². The second-order valence-electron chi connectivity index (χ2n) is 9.43. The van der Waals surface area contributed by atoms with E-state index in [1.165, 1.54) is 18.3 Å². The summed E-state index contributed by atoms with van der Waals surface area (Å²) in [6.07, 6.45) is 1.36. The van der Waals surface area contributed by atoms with E-state index < -0.39 is 11.0 Å². The van der Waals surface area contributed by atoms with Gasteiger partial charge in [0.1, 0.15) is 11.0 Å². The number of anilines is 2. The fraction of sp³-hybridized carbons (Fsp3) is 0.522. The predicted octanol–water partition coefficient (Wildman–Crippen LogP) is 3.85. The smallest absolute Gasteiger partial charge is 0.410 e. The first-order valence-electron chi connectivity index (χ1n) is 11.2. The van der Waals surface area contributed by atoms with Crippen LogP contribution in [0, 0.1) is 0 Å². The highest BCUT2D eigenvalue weighted by Crippen LogP contribution is 2.36. The van der Waals surface area contributed by atoms with Crippen LogP contribution in [0.3, 0.4) is 0 Å². The van der Waals surface area contributed by atoms with Crippen LogP contribution in [0.1, 0.15) is 41.5 Å². The molecule has 0 radical (unpaired) electrons. The van der Waals surface area contributed by atoms with Gasteiger partial charge in [-0.2, -0.15) is 0 Å². The zero-order valence-corrected chi connectivity index (χ0v) is 22.1. The normalized spacial score (nSPS) is 15.4. The third-order valence-electron chi connectivity index (χ3n) is 4.80. The Hall–Kier alpha value is -2.50. The zero-order chi connectivity index (χ0) is 25.0. The summed E-state index contributed by atoms with van der Waals surface area (Å²) in [6.45, 7) is 13.4. The van der Waals surface area contributed by atoms with Gasteiger partial charge >= 0.3 is 6.09 Å². The molecule has 1 aromatic carbocycles. The summed E-state index contributed by atoms with van der Waals surface area (Å²) in [5, 5.41) is 3.61. The van der Waals surface area contributed by atoms with Gasteiger partial charge in [-0.1, -0.05) is 17.4 Å². The van der Waals surface area contributed by atoms with E-state index in [1.807, 2.05) is 40.7 Å². The standard InChI is InChI=1S/C23H33N5O4S2/c1-15(2)32-22(30)28-11-9-27(10-12-28)21-24-14-19(33-21)18-8-7-17(25-16(3)29)13-20(18)34(31)26-23(4,5)6/h7-8,13-15,26H,9-12H2,1-6H3,(H,25,29). The van der Waals surface area contributed by atoms with Crippen molar-refractivity contribution in [1.82, 2.24) is 14.6 Å². The lowest BCUT2D eigenvalue weighted by Gasteiger charge is -2.34. The van der Waals surface area contributed by atoms with Crippen LogP contribution in [0.5, 0.6) is 0 Å². The number of piperazine rings is 1. The van der Waals surface area contributed by atoms with Crippen LogP contribution in [-0.2, 0) is 20.5 Å². The first-order valence-corrected chi connectivity index (χ1v) is 13.2. The second kappa shape index (κ2) is 10.8. The third kappa shape index (κ3) is 7.00. The van der Waals surface area contributed by atoms with Crippen molar-refractivity contribution >= 4 is 45.1 Å². The van der Waals surface area contributed by atoms with E-state index in [9.17, 15) is 13.8 Å². The molecule has 2 heterocycles. The molecule has 1 aromatic heterocycles. The molecule has 0 spiro atoms. The summed E-state index contributed by atoms with van der Waals surface area (Å²) in [4.78, 5) is 33.6. The van der Waals surface area contributed by atoms with Gasteiger partial charge in [0.05, 0.1) is 15.9 Å². The Labute approximate surface area is 207 Å². The topological polar surface area (TPSA) is 104 Å². The number of amides is 2. The first kappa shape index (κ1) is 26.1. The zero-order valence-electron chi connectivity index (χ0n) is 20.5. The Morgan fingerprint density at radius 1 is 1.18 bits per heavy atom. The van der Waals surface area contributed by atoms with Gasteiger partial charge in [0.2, 0.25) is 5.91 Å². The molecular weight excluding hydrogens is 474 g/mol. The van der Waals surface area contributed by atoms with Gasteiger partial charge in [-0.3, -0.25) is 4.79 Å². The van der Waals surface area contributed by atoms with Gasteiger partial charge in [-0.15, -0.1) is 0 Å². The largest absolute Gasteiger partial charge is 0.447 e. The highest BCUT2D eigenvalue weighted by Gasteiger charge is 2.25. The summed E-state index contributed by atoms with van der Waals surface area (Å²) >= 11 is 1.51. The summed E-state index contributed by atoms with van der Waals surface area (Å²) in [6, 6.07) is 5.40. The molecule has 2 aromatic rings. The monoisotopic (exact) mass is 507 g/mol. The van der Waals surface area contributed by atoms with Gasteiger partial charge in [-0.25, -0.2) is 18.7 Å². The molecule has 9 nitrogen and oxygen atoms in total. The highest BCUT2D eigenvalue weighted by molar-refractivity contribution is 7.83. The lowest BCUT2D eigenvalue weighted by Crippen LogP contribution is -2.49. The highest BCUT2D eigenvalue weighted by atomic mass is 32.2. The maximum absolute atomic E-state index is 13.2. The average Bonchev–Trinajstić information content (AvgIpc) is 3.21. The molecule has 0 saturated carbocycles. The number of thiazole rings is 1. The lowest BCUT2D eigenvalue weighted by molar-refractivity contribution is -0.114. The molecule has 0 aliphatic carbocycles. The number of aromatic nitrogens is 1. The molecule has 2 amide bonds. The maximum atomic E-state index is 13.2.